The molecule has 1 fully saturated rings. The van der Waals surface area contributed by atoms with E-state index in [0.29, 0.717) is 10.3 Å². The molecule has 3 aromatic rings. The molecule has 0 bridgehead atoms. The number of pyridine rings is 1. The Hall–Kier alpha value is -2.27. The second kappa shape index (κ2) is 5.74. The lowest BCUT2D eigenvalue weighted by atomic mass is 10.1. The van der Waals surface area contributed by atoms with Crippen molar-refractivity contribution in [1.82, 2.24) is 9.88 Å². The molecule has 1 atom stereocenters. The number of thiophene rings is 1. The van der Waals surface area contributed by atoms with Crippen LogP contribution in [0.5, 0.6) is 0 Å². The maximum absolute atomic E-state index is 13.9. The lowest BCUT2D eigenvalue weighted by Crippen LogP contribution is -2.30. The minimum atomic E-state index is -0.275. The van der Waals surface area contributed by atoms with Crippen LogP contribution in [0.2, 0.25) is 0 Å². The van der Waals surface area contributed by atoms with Crippen molar-refractivity contribution in [2.45, 2.75) is 18.9 Å². The summed E-state index contributed by atoms with van der Waals surface area (Å²) >= 11 is 1.36. The van der Waals surface area contributed by atoms with E-state index in [9.17, 15) is 9.18 Å². The summed E-state index contributed by atoms with van der Waals surface area (Å²) in [6.07, 6.45) is 5.47. The number of amides is 1. The Morgan fingerprint density at radius 1 is 1.30 bits per heavy atom. The van der Waals surface area contributed by atoms with Gasteiger partial charge in [0.05, 0.1) is 10.9 Å². The maximum atomic E-state index is 13.9. The highest BCUT2D eigenvalue weighted by atomic mass is 32.1. The molecule has 3 heterocycles. The average molecular weight is 326 g/mol. The number of fused-ring (bicyclic) bond motifs is 1. The Morgan fingerprint density at radius 2 is 2.22 bits per heavy atom. The third-order valence-electron chi connectivity index (χ3n) is 4.30. The summed E-state index contributed by atoms with van der Waals surface area (Å²) in [4.78, 5) is 19.5. The van der Waals surface area contributed by atoms with Gasteiger partial charge in [-0.2, -0.15) is 0 Å². The van der Waals surface area contributed by atoms with Crippen LogP contribution in [0.4, 0.5) is 4.39 Å². The molecule has 0 aliphatic carbocycles. The quantitative estimate of drug-likeness (QED) is 0.699. The van der Waals surface area contributed by atoms with Crippen molar-refractivity contribution in [3.63, 3.8) is 0 Å². The molecule has 0 saturated carbocycles. The van der Waals surface area contributed by atoms with E-state index >= 15 is 0 Å². The zero-order valence-electron chi connectivity index (χ0n) is 12.4. The second-order valence-corrected chi connectivity index (χ2v) is 6.79. The lowest BCUT2D eigenvalue weighted by molar-refractivity contribution is 0.0740. The first kappa shape index (κ1) is 14.3. The van der Waals surface area contributed by atoms with E-state index in [4.69, 9.17) is 0 Å². The number of carbonyl (C=O) groups is 1. The first-order chi connectivity index (χ1) is 11.2. The van der Waals surface area contributed by atoms with Gasteiger partial charge in [0, 0.05) is 29.0 Å². The summed E-state index contributed by atoms with van der Waals surface area (Å²) in [5.74, 6) is -0.292. The number of hydrogen-bond acceptors (Lipinski definition) is 3. The van der Waals surface area contributed by atoms with Crippen LogP contribution in [0.15, 0.2) is 48.8 Å². The summed E-state index contributed by atoms with van der Waals surface area (Å²) in [5, 5.41) is 0.526. The molecular weight excluding hydrogens is 311 g/mol. The number of rotatable bonds is 2. The standard InChI is InChI=1S/C18H15FN2OS/c19-14-5-1-7-16-13(14)10-17(23-16)18(22)21-9-3-6-15(21)12-4-2-8-20-11-12/h1-2,4-5,7-8,10-11,15H,3,6,9H2/t15-/m1/s1. The molecule has 1 saturated heterocycles. The summed E-state index contributed by atoms with van der Waals surface area (Å²) in [7, 11) is 0. The zero-order valence-corrected chi connectivity index (χ0v) is 13.2. The summed E-state index contributed by atoms with van der Waals surface area (Å²) < 4.78 is 14.7. The molecule has 116 valence electrons. The van der Waals surface area contributed by atoms with E-state index in [-0.39, 0.29) is 17.8 Å². The average Bonchev–Trinajstić information content (AvgIpc) is 3.23. The first-order valence-corrected chi connectivity index (χ1v) is 8.44. The minimum absolute atomic E-state index is 0.0167. The van der Waals surface area contributed by atoms with Crippen molar-refractivity contribution in [2.75, 3.05) is 6.54 Å². The van der Waals surface area contributed by atoms with E-state index in [1.807, 2.05) is 29.3 Å². The molecule has 23 heavy (non-hydrogen) atoms. The smallest absolute Gasteiger partial charge is 0.264 e. The number of aromatic nitrogens is 1. The van der Waals surface area contributed by atoms with Crippen molar-refractivity contribution in [3.8, 4) is 0 Å². The SMILES string of the molecule is O=C(c1cc2c(F)cccc2s1)N1CCC[C@@H]1c1cccnc1. The topological polar surface area (TPSA) is 33.2 Å². The van der Waals surface area contributed by atoms with E-state index in [1.54, 1.807) is 18.3 Å². The number of likely N-dealkylation sites (tertiary alicyclic amines) is 1. The fraction of sp³-hybridized carbons (Fsp3) is 0.222. The fourth-order valence-corrected chi connectivity index (χ4v) is 4.23. The molecule has 1 aliphatic heterocycles. The van der Waals surface area contributed by atoms with E-state index in [0.717, 1.165) is 29.6 Å². The highest BCUT2D eigenvalue weighted by Gasteiger charge is 2.31. The van der Waals surface area contributed by atoms with Crippen LogP contribution >= 0.6 is 11.3 Å². The van der Waals surface area contributed by atoms with Crippen LogP contribution < -0.4 is 0 Å². The fourth-order valence-electron chi connectivity index (χ4n) is 3.20. The molecule has 3 nitrogen and oxygen atoms in total. The van der Waals surface area contributed by atoms with Gasteiger partial charge >= 0.3 is 0 Å². The van der Waals surface area contributed by atoms with Crippen molar-refractivity contribution in [3.05, 3.63) is 65.0 Å². The van der Waals surface area contributed by atoms with E-state index in [1.165, 1.54) is 17.4 Å². The molecule has 4 rings (SSSR count). The van der Waals surface area contributed by atoms with Gasteiger partial charge in [0.15, 0.2) is 0 Å². The Labute approximate surface area is 137 Å². The molecule has 1 aromatic carbocycles. The molecule has 1 aliphatic rings. The van der Waals surface area contributed by atoms with Crippen molar-refractivity contribution < 1.29 is 9.18 Å². The molecule has 1 amide bonds. The van der Waals surface area contributed by atoms with Gasteiger partial charge < -0.3 is 4.90 Å². The van der Waals surface area contributed by atoms with Crippen LogP contribution in [-0.4, -0.2) is 22.3 Å². The predicted octanol–water partition coefficient (Wildman–Crippen LogP) is 4.41. The van der Waals surface area contributed by atoms with Gasteiger partial charge in [0.25, 0.3) is 5.91 Å². The number of halogens is 1. The molecule has 0 spiro atoms. The van der Waals surface area contributed by atoms with Crippen LogP contribution in [0.3, 0.4) is 0 Å². The van der Waals surface area contributed by atoms with Gasteiger partial charge in [-0.1, -0.05) is 12.1 Å². The number of benzene rings is 1. The van der Waals surface area contributed by atoms with Crippen LogP contribution in [0.25, 0.3) is 10.1 Å². The monoisotopic (exact) mass is 326 g/mol. The highest BCUT2D eigenvalue weighted by molar-refractivity contribution is 7.20. The van der Waals surface area contributed by atoms with Crippen LogP contribution in [0, 0.1) is 5.82 Å². The van der Waals surface area contributed by atoms with Crippen LogP contribution in [0.1, 0.15) is 34.1 Å². The van der Waals surface area contributed by atoms with Crippen molar-refractivity contribution in [2.24, 2.45) is 0 Å². The van der Waals surface area contributed by atoms with Gasteiger partial charge in [-0.25, -0.2) is 4.39 Å². The van der Waals surface area contributed by atoms with Gasteiger partial charge in [0.2, 0.25) is 0 Å². The van der Waals surface area contributed by atoms with E-state index < -0.39 is 0 Å². The van der Waals surface area contributed by atoms with Gasteiger partial charge in [-0.15, -0.1) is 11.3 Å². The minimum Gasteiger partial charge on any atom is -0.331 e. The molecule has 5 heteroatoms. The zero-order chi connectivity index (χ0) is 15.8. The van der Waals surface area contributed by atoms with Gasteiger partial charge in [0.1, 0.15) is 5.82 Å². The third kappa shape index (κ3) is 2.51. The highest BCUT2D eigenvalue weighted by Crippen LogP contribution is 2.35. The number of carbonyl (C=O) groups excluding carboxylic acids is 1. The summed E-state index contributed by atoms with van der Waals surface area (Å²) in [6, 6.07) is 10.6. The Morgan fingerprint density at radius 3 is 3.00 bits per heavy atom. The Kier molecular flexibility index (Phi) is 3.58. The normalized spacial score (nSPS) is 17.8. The first-order valence-electron chi connectivity index (χ1n) is 7.63. The number of nitrogens with zero attached hydrogens (tertiary/aromatic N) is 2. The van der Waals surface area contributed by atoms with Crippen molar-refractivity contribution >= 4 is 27.3 Å². The molecule has 0 unspecified atom stereocenters. The third-order valence-corrected chi connectivity index (χ3v) is 5.39. The molecule has 0 radical (unpaired) electrons. The molecule has 0 N–H and O–H groups in total. The second-order valence-electron chi connectivity index (χ2n) is 5.71. The van der Waals surface area contributed by atoms with Gasteiger partial charge in [-0.05, 0) is 42.7 Å². The number of hydrogen-bond donors (Lipinski definition) is 0. The Bertz CT molecular complexity index is 862. The maximum Gasteiger partial charge on any atom is 0.264 e. The summed E-state index contributed by atoms with van der Waals surface area (Å²) in [5.41, 5.74) is 1.06. The van der Waals surface area contributed by atoms with E-state index in [2.05, 4.69) is 4.98 Å². The van der Waals surface area contributed by atoms with Crippen molar-refractivity contribution in [1.29, 1.82) is 0 Å². The largest absolute Gasteiger partial charge is 0.331 e. The lowest BCUT2D eigenvalue weighted by Gasteiger charge is -2.24. The summed E-state index contributed by atoms with van der Waals surface area (Å²) in [6.45, 7) is 0.731. The molecular formula is C18H15FN2OS. The Balaban J connectivity index is 1.68. The predicted molar refractivity (Wildman–Crippen MR) is 89.0 cm³/mol. The van der Waals surface area contributed by atoms with Crippen LogP contribution in [-0.2, 0) is 0 Å². The van der Waals surface area contributed by atoms with Gasteiger partial charge in [-0.3, -0.25) is 9.78 Å². The molecule has 2 aromatic heterocycles.